The van der Waals surface area contributed by atoms with Crippen molar-refractivity contribution in [3.05, 3.63) is 29.3 Å². The molecule has 0 aliphatic carbocycles. The maximum Gasteiger partial charge on any atom is 0.159 e. The predicted molar refractivity (Wildman–Crippen MR) is 78.3 cm³/mol. The molecule has 0 spiro atoms. The lowest BCUT2D eigenvalue weighted by Crippen LogP contribution is -2.09. The van der Waals surface area contributed by atoms with Crippen molar-refractivity contribution in [2.45, 2.75) is 27.4 Å². The Balaban J connectivity index is 2.45. The van der Waals surface area contributed by atoms with Crippen LogP contribution in [0, 0.1) is 5.92 Å². The summed E-state index contributed by atoms with van der Waals surface area (Å²) in [5, 5.41) is 0. The van der Waals surface area contributed by atoms with Crippen molar-refractivity contribution in [2.75, 3.05) is 26.9 Å². The van der Waals surface area contributed by atoms with Crippen LogP contribution in [-0.2, 0) is 16.1 Å². The molecule has 0 heterocycles. The molecule has 0 unspecified atom stereocenters. The highest BCUT2D eigenvalue weighted by molar-refractivity contribution is 5.94. The number of benzene rings is 1. The van der Waals surface area contributed by atoms with Gasteiger partial charge in [0.15, 0.2) is 5.78 Å². The number of Topliss-reactive ketones (excluding diaryl/α,β-unsaturated/α-hetero) is 1. The van der Waals surface area contributed by atoms with Gasteiger partial charge in [-0.3, -0.25) is 4.79 Å². The van der Waals surface area contributed by atoms with Gasteiger partial charge in [-0.15, -0.1) is 0 Å². The first-order valence-electron chi connectivity index (χ1n) is 6.88. The fraction of sp³-hybridized carbons (Fsp3) is 0.562. The summed E-state index contributed by atoms with van der Waals surface area (Å²) in [6.45, 7) is 8.03. The molecule has 0 atom stereocenters. The monoisotopic (exact) mass is 280 g/mol. The summed E-state index contributed by atoms with van der Waals surface area (Å²) >= 11 is 0. The molecule has 0 saturated heterocycles. The number of hydrogen-bond acceptors (Lipinski definition) is 4. The van der Waals surface area contributed by atoms with Gasteiger partial charge in [0.05, 0.1) is 26.9 Å². The molecular weight excluding hydrogens is 256 g/mol. The number of carbonyl (C=O) groups excluding carboxylic acids is 1. The molecule has 20 heavy (non-hydrogen) atoms. The van der Waals surface area contributed by atoms with E-state index in [1.165, 1.54) is 0 Å². The van der Waals surface area contributed by atoms with Crippen LogP contribution in [0.3, 0.4) is 0 Å². The van der Waals surface area contributed by atoms with E-state index in [-0.39, 0.29) is 5.78 Å². The van der Waals surface area contributed by atoms with Gasteiger partial charge in [0.25, 0.3) is 0 Å². The van der Waals surface area contributed by atoms with Gasteiger partial charge < -0.3 is 14.2 Å². The van der Waals surface area contributed by atoms with Gasteiger partial charge in [-0.05, 0) is 31.0 Å². The molecular formula is C16H24O4. The zero-order chi connectivity index (χ0) is 15.0. The topological polar surface area (TPSA) is 44.8 Å². The van der Waals surface area contributed by atoms with Crippen molar-refractivity contribution >= 4 is 5.78 Å². The number of hydrogen-bond donors (Lipinski definition) is 0. The van der Waals surface area contributed by atoms with Crippen molar-refractivity contribution < 1.29 is 19.0 Å². The summed E-state index contributed by atoms with van der Waals surface area (Å²) in [4.78, 5) is 11.4. The van der Waals surface area contributed by atoms with Crippen LogP contribution in [0.5, 0.6) is 5.75 Å². The maximum absolute atomic E-state index is 11.4. The Labute approximate surface area is 121 Å². The second kappa shape index (κ2) is 8.72. The number of ether oxygens (including phenoxy) is 3. The lowest BCUT2D eigenvalue weighted by Gasteiger charge is -2.11. The molecule has 0 saturated carbocycles. The van der Waals surface area contributed by atoms with E-state index < -0.39 is 0 Å². The fourth-order valence-electron chi connectivity index (χ4n) is 1.73. The van der Waals surface area contributed by atoms with E-state index in [9.17, 15) is 4.79 Å². The summed E-state index contributed by atoms with van der Waals surface area (Å²) in [6, 6.07) is 5.37. The minimum Gasteiger partial charge on any atom is -0.496 e. The highest BCUT2D eigenvalue weighted by Gasteiger charge is 2.07. The average Bonchev–Trinajstić information content (AvgIpc) is 2.42. The molecule has 0 radical (unpaired) electrons. The highest BCUT2D eigenvalue weighted by Crippen LogP contribution is 2.21. The van der Waals surface area contributed by atoms with Crippen LogP contribution in [0.2, 0.25) is 0 Å². The van der Waals surface area contributed by atoms with Gasteiger partial charge in [0.1, 0.15) is 5.75 Å². The Bertz CT molecular complexity index is 426. The third-order valence-electron chi connectivity index (χ3n) is 2.77. The fourth-order valence-corrected chi connectivity index (χ4v) is 1.73. The van der Waals surface area contributed by atoms with Crippen molar-refractivity contribution in [3.63, 3.8) is 0 Å². The molecule has 112 valence electrons. The SMILES string of the molecule is COc1ccc(C(C)=O)cc1COCCOCC(C)C. The van der Waals surface area contributed by atoms with Gasteiger partial charge in [0, 0.05) is 17.7 Å². The summed E-state index contributed by atoms with van der Waals surface area (Å²) in [5.41, 5.74) is 1.55. The Hall–Kier alpha value is -1.39. The van der Waals surface area contributed by atoms with Crippen molar-refractivity contribution in [2.24, 2.45) is 5.92 Å². The molecule has 1 aromatic rings. The second-order valence-electron chi connectivity index (χ2n) is 5.10. The molecule has 4 heteroatoms. The lowest BCUT2D eigenvalue weighted by atomic mass is 10.1. The van der Waals surface area contributed by atoms with Crippen molar-refractivity contribution in [1.82, 2.24) is 0 Å². The zero-order valence-electron chi connectivity index (χ0n) is 12.8. The minimum absolute atomic E-state index is 0.0363. The van der Waals surface area contributed by atoms with Crippen LogP contribution in [0.25, 0.3) is 0 Å². The zero-order valence-corrected chi connectivity index (χ0v) is 12.8. The van der Waals surface area contributed by atoms with Crippen LogP contribution < -0.4 is 4.74 Å². The van der Waals surface area contributed by atoms with Gasteiger partial charge >= 0.3 is 0 Å². The molecule has 0 N–H and O–H groups in total. The Morgan fingerprint density at radius 3 is 2.50 bits per heavy atom. The van der Waals surface area contributed by atoms with Gasteiger partial charge in [-0.25, -0.2) is 0 Å². The summed E-state index contributed by atoms with van der Waals surface area (Å²) in [6.07, 6.45) is 0. The molecule has 0 aliphatic heterocycles. The van der Waals surface area contributed by atoms with E-state index in [2.05, 4.69) is 13.8 Å². The molecule has 1 rings (SSSR count). The van der Waals surface area contributed by atoms with Crippen molar-refractivity contribution in [3.8, 4) is 5.75 Å². The number of methoxy groups -OCH3 is 1. The van der Waals surface area contributed by atoms with Crippen LogP contribution >= 0.6 is 0 Å². The van der Waals surface area contributed by atoms with E-state index >= 15 is 0 Å². The maximum atomic E-state index is 11.4. The largest absolute Gasteiger partial charge is 0.496 e. The summed E-state index contributed by atoms with van der Waals surface area (Å²) in [5.74, 6) is 1.30. The Morgan fingerprint density at radius 1 is 1.20 bits per heavy atom. The number of carbonyl (C=O) groups is 1. The number of ketones is 1. The molecule has 4 nitrogen and oxygen atoms in total. The molecule has 0 aliphatic rings. The van der Waals surface area contributed by atoms with Gasteiger partial charge in [-0.2, -0.15) is 0 Å². The Morgan fingerprint density at radius 2 is 1.90 bits per heavy atom. The first kappa shape index (κ1) is 16.7. The predicted octanol–water partition coefficient (Wildman–Crippen LogP) is 3.09. The first-order valence-corrected chi connectivity index (χ1v) is 6.88. The summed E-state index contributed by atoms with van der Waals surface area (Å²) in [7, 11) is 1.61. The minimum atomic E-state index is 0.0363. The Kier molecular flexibility index (Phi) is 7.26. The second-order valence-corrected chi connectivity index (χ2v) is 5.10. The molecule has 0 aromatic heterocycles. The molecule has 0 amide bonds. The quantitative estimate of drug-likeness (QED) is 0.515. The third-order valence-corrected chi connectivity index (χ3v) is 2.77. The molecule has 0 bridgehead atoms. The summed E-state index contributed by atoms with van der Waals surface area (Å²) < 4.78 is 16.3. The van der Waals surface area contributed by atoms with E-state index in [0.717, 1.165) is 17.9 Å². The standard InChI is InChI=1S/C16H24O4/c1-12(2)10-19-7-8-20-11-15-9-14(13(3)17)5-6-16(15)18-4/h5-6,9,12H,7-8,10-11H2,1-4H3. The smallest absolute Gasteiger partial charge is 0.159 e. The first-order chi connectivity index (χ1) is 9.54. The molecule has 1 aromatic carbocycles. The van der Waals surface area contributed by atoms with Crippen LogP contribution in [0.1, 0.15) is 36.7 Å². The van der Waals surface area contributed by atoms with E-state index in [1.807, 2.05) is 6.07 Å². The molecule has 0 fully saturated rings. The van der Waals surface area contributed by atoms with Crippen molar-refractivity contribution in [1.29, 1.82) is 0 Å². The van der Waals surface area contributed by atoms with Crippen LogP contribution in [-0.4, -0.2) is 32.7 Å². The normalized spacial score (nSPS) is 10.8. The number of rotatable bonds is 9. The average molecular weight is 280 g/mol. The lowest BCUT2D eigenvalue weighted by molar-refractivity contribution is 0.0309. The van der Waals surface area contributed by atoms with Crippen LogP contribution in [0.15, 0.2) is 18.2 Å². The van der Waals surface area contributed by atoms with Crippen LogP contribution in [0.4, 0.5) is 0 Å². The van der Waals surface area contributed by atoms with Gasteiger partial charge in [-0.1, -0.05) is 13.8 Å². The van der Waals surface area contributed by atoms with E-state index in [1.54, 1.807) is 26.2 Å². The van der Waals surface area contributed by atoms with Gasteiger partial charge in [0.2, 0.25) is 0 Å². The highest BCUT2D eigenvalue weighted by atomic mass is 16.5. The third kappa shape index (κ3) is 5.72. The van der Waals surface area contributed by atoms with E-state index in [0.29, 0.717) is 31.3 Å². The van der Waals surface area contributed by atoms with E-state index in [4.69, 9.17) is 14.2 Å².